The Hall–Kier alpha value is 0.720. The third-order valence-corrected chi connectivity index (χ3v) is 6.27. The van der Waals surface area contributed by atoms with Crippen LogP contribution in [0.4, 0.5) is 0 Å². The minimum atomic E-state index is 0.112. The fourth-order valence-electron chi connectivity index (χ4n) is 1.08. The zero-order valence-electron chi connectivity index (χ0n) is 6.95. The van der Waals surface area contributed by atoms with Crippen molar-refractivity contribution in [3.05, 3.63) is 0 Å². The monoisotopic (exact) mass is 221 g/mol. The normalized spacial score (nSPS) is 27.8. The van der Waals surface area contributed by atoms with Gasteiger partial charge in [0.25, 0.3) is 0 Å². The summed E-state index contributed by atoms with van der Waals surface area (Å²) in [7, 11) is 5.30. The van der Waals surface area contributed by atoms with Gasteiger partial charge in [-0.25, -0.2) is 0 Å². The van der Waals surface area contributed by atoms with E-state index in [4.69, 9.17) is 0 Å². The van der Waals surface area contributed by atoms with E-state index < -0.39 is 0 Å². The standard InChI is InChI=1S/C8H13OS3/c9-7-8-5-3-1-2-4-6-10-12-11-8/h8H,1-6H2. The maximum absolute atomic E-state index is 10.5. The van der Waals surface area contributed by atoms with Crippen LogP contribution in [0.15, 0.2) is 0 Å². The van der Waals surface area contributed by atoms with E-state index in [2.05, 4.69) is 6.29 Å². The molecule has 1 unspecified atom stereocenters. The summed E-state index contributed by atoms with van der Waals surface area (Å²) in [5, 5.41) is 0.112. The van der Waals surface area contributed by atoms with Crippen molar-refractivity contribution < 1.29 is 4.79 Å². The van der Waals surface area contributed by atoms with Crippen LogP contribution < -0.4 is 0 Å². The molecule has 0 N–H and O–H groups in total. The topological polar surface area (TPSA) is 17.1 Å². The molecule has 1 nitrogen and oxygen atoms in total. The Bertz CT molecular complexity index is 119. The predicted molar refractivity (Wildman–Crippen MR) is 60.2 cm³/mol. The molecule has 1 aliphatic heterocycles. The van der Waals surface area contributed by atoms with Crippen LogP contribution in [0, 0.1) is 0 Å². The third-order valence-electron chi connectivity index (χ3n) is 1.78. The number of carbonyl (C=O) groups excluding carboxylic acids is 1. The lowest BCUT2D eigenvalue weighted by atomic mass is 10.1. The molecule has 1 radical (unpaired) electrons. The molecule has 12 heavy (non-hydrogen) atoms. The molecule has 1 rings (SSSR count). The summed E-state index contributed by atoms with van der Waals surface area (Å²) >= 11 is 0. The summed E-state index contributed by atoms with van der Waals surface area (Å²) < 4.78 is 0. The van der Waals surface area contributed by atoms with Gasteiger partial charge in [0.15, 0.2) is 0 Å². The molecule has 0 aromatic carbocycles. The maximum Gasteiger partial charge on any atom is 0.213 e. The Kier molecular flexibility index (Phi) is 6.44. The van der Waals surface area contributed by atoms with E-state index in [1.807, 2.05) is 10.8 Å². The van der Waals surface area contributed by atoms with E-state index in [0.717, 1.165) is 6.42 Å². The highest BCUT2D eigenvalue weighted by Gasteiger charge is 2.10. The fraction of sp³-hybridized carbons (Fsp3) is 0.875. The smallest absolute Gasteiger partial charge is 0.213 e. The van der Waals surface area contributed by atoms with Gasteiger partial charge in [0.1, 0.15) is 0 Å². The van der Waals surface area contributed by atoms with Crippen molar-refractivity contribution >= 4 is 37.7 Å². The van der Waals surface area contributed by atoms with Crippen LogP contribution in [0.25, 0.3) is 0 Å². The van der Waals surface area contributed by atoms with Gasteiger partial charge in [0, 0.05) is 5.75 Å². The van der Waals surface area contributed by atoms with E-state index >= 15 is 0 Å². The number of rotatable bonds is 1. The molecule has 0 aliphatic carbocycles. The number of hydrogen-bond acceptors (Lipinski definition) is 4. The molecule has 1 saturated heterocycles. The highest BCUT2D eigenvalue weighted by Crippen LogP contribution is 2.39. The van der Waals surface area contributed by atoms with Gasteiger partial charge in [0.2, 0.25) is 6.29 Å². The van der Waals surface area contributed by atoms with Crippen LogP contribution in [0.2, 0.25) is 0 Å². The van der Waals surface area contributed by atoms with E-state index in [1.165, 1.54) is 31.4 Å². The van der Waals surface area contributed by atoms with Gasteiger partial charge in [-0.1, -0.05) is 40.9 Å². The Morgan fingerprint density at radius 2 is 2.00 bits per heavy atom. The van der Waals surface area contributed by atoms with E-state index in [9.17, 15) is 4.79 Å². The first-order valence-electron chi connectivity index (χ1n) is 4.26. The average molecular weight is 221 g/mol. The van der Waals surface area contributed by atoms with Gasteiger partial charge in [-0.15, -0.1) is 0 Å². The Morgan fingerprint density at radius 3 is 2.83 bits per heavy atom. The second-order valence-corrected chi connectivity index (χ2v) is 7.25. The van der Waals surface area contributed by atoms with E-state index in [0.29, 0.717) is 0 Å². The van der Waals surface area contributed by atoms with E-state index in [-0.39, 0.29) is 5.25 Å². The molecule has 1 atom stereocenters. The SMILES string of the molecule is O=[C]C1CCCCCCSSS1. The van der Waals surface area contributed by atoms with Crippen molar-refractivity contribution in [3.8, 4) is 0 Å². The molecule has 1 heterocycles. The van der Waals surface area contributed by atoms with Gasteiger partial charge in [0.05, 0.1) is 5.25 Å². The summed E-state index contributed by atoms with van der Waals surface area (Å²) in [6.07, 6.45) is 8.24. The zero-order chi connectivity index (χ0) is 8.65. The molecular weight excluding hydrogens is 208 g/mol. The van der Waals surface area contributed by atoms with Crippen molar-refractivity contribution in [2.75, 3.05) is 5.75 Å². The molecule has 0 aromatic rings. The van der Waals surface area contributed by atoms with Gasteiger partial charge in [-0.3, -0.25) is 4.79 Å². The third kappa shape index (κ3) is 4.67. The van der Waals surface area contributed by atoms with Crippen LogP contribution in [0.1, 0.15) is 32.1 Å². The molecule has 0 saturated carbocycles. The lowest BCUT2D eigenvalue weighted by molar-refractivity contribution is 0.546. The zero-order valence-corrected chi connectivity index (χ0v) is 9.40. The maximum atomic E-state index is 10.5. The lowest BCUT2D eigenvalue weighted by Gasteiger charge is -2.10. The summed E-state index contributed by atoms with van der Waals surface area (Å²) in [4.78, 5) is 10.5. The number of hydrogen-bond donors (Lipinski definition) is 0. The van der Waals surface area contributed by atoms with Crippen LogP contribution in [-0.2, 0) is 4.79 Å². The predicted octanol–water partition coefficient (Wildman–Crippen LogP) is 3.46. The van der Waals surface area contributed by atoms with Gasteiger partial charge >= 0.3 is 0 Å². The van der Waals surface area contributed by atoms with Gasteiger partial charge in [-0.05, 0) is 22.7 Å². The van der Waals surface area contributed by atoms with Crippen molar-refractivity contribution in [2.24, 2.45) is 0 Å². The largest absolute Gasteiger partial charge is 0.290 e. The molecule has 69 valence electrons. The molecule has 4 heteroatoms. The van der Waals surface area contributed by atoms with Crippen LogP contribution >= 0.6 is 31.4 Å². The summed E-state index contributed by atoms with van der Waals surface area (Å²) in [5.41, 5.74) is 0. The van der Waals surface area contributed by atoms with Crippen molar-refractivity contribution in [1.29, 1.82) is 0 Å². The second-order valence-electron chi connectivity index (χ2n) is 2.80. The van der Waals surface area contributed by atoms with Crippen LogP contribution in [0.5, 0.6) is 0 Å². The van der Waals surface area contributed by atoms with Crippen LogP contribution in [0.3, 0.4) is 0 Å². The summed E-state index contributed by atoms with van der Waals surface area (Å²) in [6, 6.07) is 0. The second kappa shape index (κ2) is 7.15. The highest BCUT2D eigenvalue weighted by atomic mass is 33.5. The first kappa shape index (κ1) is 10.8. The van der Waals surface area contributed by atoms with Gasteiger partial charge in [-0.2, -0.15) is 0 Å². The average Bonchev–Trinajstić information content (AvgIpc) is 2.14. The highest BCUT2D eigenvalue weighted by molar-refractivity contribution is 9.09. The molecular formula is C8H13OS3. The fourth-order valence-corrected chi connectivity index (χ4v) is 5.30. The summed E-state index contributed by atoms with van der Waals surface area (Å²) in [6.45, 7) is 0. The van der Waals surface area contributed by atoms with Crippen LogP contribution in [-0.4, -0.2) is 17.3 Å². The molecule has 1 fully saturated rings. The van der Waals surface area contributed by atoms with Crippen molar-refractivity contribution in [1.82, 2.24) is 0 Å². The Labute approximate surface area is 85.6 Å². The molecule has 0 bridgehead atoms. The summed E-state index contributed by atoms with van der Waals surface area (Å²) in [5.74, 6) is 1.23. The first-order valence-corrected chi connectivity index (χ1v) is 7.97. The molecule has 0 spiro atoms. The van der Waals surface area contributed by atoms with Gasteiger partial charge < -0.3 is 0 Å². The minimum absolute atomic E-state index is 0.112. The first-order chi connectivity index (χ1) is 5.93. The Morgan fingerprint density at radius 1 is 1.17 bits per heavy atom. The molecule has 0 aromatic heterocycles. The quantitative estimate of drug-likeness (QED) is 0.630. The van der Waals surface area contributed by atoms with Crippen molar-refractivity contribution in [2.45, 2.75) is 37.4 Å². The molecule has 1 aliphatic rings. The minimum Gasteiger partial charge on any atom is -0.290 e. The lowest BCUT2D eigenvalue weighted by Crippen LogP contribution is -2.02. The van der Waals surface area contributed by atoms with E-state index in [1.54, 1.807) is 20.6 Å². The van der Waals surface area contributed by atoms with Crippen molar-refractivity contribution in [3.63, 3.8) is 0 Å². The molecule has 0 amide bonds. The Balaban J connectivity index is 2.21.